The van der Waals surface area contributed by atoms with Crippen LogP contribution >= 0.6 is 0 Å². The summed E-state index contributed by atoms with van der Waals surface area (Å²) in [6.07, 6.45) is 3.84. The first kappa shape index (κ1) is 8.62. The fourth-order valence-corrected chi connectivity index (χ4v) is 0.804. The summed E-state index contributed by atoms with van der Waals surface area (Å²) in [6, 6.07) is 3.14. The SMILES string of the molecule is C=CC(N)c1ccc(C=O)cn1. The van der Waals surface area contributed by atoms with Crippen molar-refractivity contribution in [1.82, 2.24) is 4.98 Å². The number of pyridine rings is 1. The van der Waals surface area contributed by atoms with Gasteiger partial charge in [0.1, 0.15) is 0 Å². The van der Waals surface area contributed by atoms with Gasteiger partial charge in [-0.1, -0.05) is 6.08 Å². The number of nitrogens with zero attached hydrogens (tertiary/aromatic N) is 1. The summed E-state index contributed by atoms with van der Waals surface area (Å²) in [4.78, 5) is 14.3. The Morgan fingerprint density at radius 3 is 2.75 bits per heavy atom. The van der Waals surface area contributed by atoms with Gasteiger partial charge in [-0.25, -0.2) is 0 Å². The van der Waals surface area contributed by atoms with Crippen molar-refractivity contribution in [3.63, 3.8) is 0 Å². The zero-order valence-corrected chi connectivity index (χ0v) is 6.60. The maximum absolute atomic E-state index is 10.3. The monoisotopic (exact) mass is 162 g/mol. The highest BCUT2D eigenvalue weighted by atomic mass is 16.1. The second-order valence-electron chi connectivity index (χ2n) is 2.40. The number of aromatic nitrogens is 1. The molecule has 0 aliphatic carbocycles. The molecular formula is C9H10N2O. The topological polar surface area (TPSA) is 56.0 Å². The number of aldehydes is 1. The van der Waals surface area contributed by atoms with E-state index in [1.807, 2.05) is 0 Å². The van der Waals surface area contributed by atoms with E-state index in [2.05, 4.69) is 11.6 Å². The van der Waals surface area contributed by atoms with Gasteiger partial charge in [0.2, 0.25) is 0 Å². The van der Waals surface area contributed by atoms with Crippen molar-refractivity contribution < 1.29 is 4.79 Å². The van der Waals surface area contributed by atoms with Crippen molar-refractivity contribution in [2.24, 2.45) is 5.73 Å². The van der Waals surface area contributed by atoms with Crippen molar-refractivity contribution in [3.05, 3.63) is 42.2 Å². The Labute approximate surface area is 70.9 Å². The highest BCUT2D eigenvalue weighted by molar-refractivity contribution is 5.73. The summed E-state index contributed by atoms with van der Waals surface area (Å²) in [6.45, 7) is 3.55. The third-order valence-corrected chi connectivity index (χ3v) is 1.54. The number of rotatable bonds is 3. The Bertz CT molecular complexity index is 279. The molecule has 0 aromatic carbocycles. The zero-order chi connectivity index (χ0) is 8.97. The van der Waals surface area contributed by atoms with Crippen LogP contribution in [0.1, 0.15) is 22.1 Å². The Morgan fingerprint density at radius 1 is 1.58 bits per heavy atom. The molecular weight excluding hydrogens is 152 g/mol. The Balaban J connectivity index is 2.91. The minimum Gasteiger partial charge on any atom is -0.319 e. The van der Waals surface area contributed by atoms with E-state index in [1.54, 1.807) is 18.2 Å². The van der Waals surface area contributed by atoms with E-state index < -0.39 is 0 Å². The lowest BCUT2D eigenvalue weighted by Crippen LogP contribution is -2.08. The Morgan fingerprint density at radius 2 is 2.33 bits per heavy atom. The van der Waals surface area contributed by atoms with E-state index in [1.165, 1.54) is 6.20 Å². The number of nitrogens with two attached hydrogens (primary N) is 1. The lowest BCUT2D eigenvalue weighted by Gasteiger charge is -2.03. The van der Waals surface area contributed by atoms with Crippen LogP contribution in [-0.2, 0) is 0 Å². The molecule has 0 aliphatic rings. The van der Waals surface area contributed by atoms with Crippen LogP contribution in [0.25, 0.3) is 0 Å². The second-order valence-corrected chi connectivity index (χ2v) is 2.40. The molecule has 62 valence electrons. The van der Waals surface area contributed by atoms with Gasteiger partial charge in [-0.2, -0.15) is 0 Å². The lowest BCUT2D eigenvalue weighted by molar-refractivity contribution is 0.112. The number of carbonyl (C=O) groups is 1. The summed E-state index contributed by atoms with van der Waals surface area (Å²) in [5.41, 5.74) is 6.89. The smallest absolute Gasteiger partial charge is 0.151 e. The van der Waals surface area contributed by atoms with Crippen molar-refractivity contribution in [1.29, 1.82) is 0 Å². The molecule has 1 aromatic heterocycles. The third kappa shape index (κ3) is 1.77. The predicted octanol–water partition coefficient (Wildman–Crippen LogP) is 1.08. The molecule has 12 heavy (non-hydrogen) atoms. The molecule has 0 saturated heterocycles. The van der Waals surface area contributed by atoms with Gasteiger partial charge in [0, 0.05) is 11.8 Å². The quantitative estimate of drug-likeness (QED) is 0.534. The summed E-state index contributed by atoms with van der Waals surface area (Å²) >= 11 is 0. The second kappa shape index (κ2) is 3.78. The third-order valence-electron chi connectivity index (χ3n) is 1.54. The molecule has 0 saturated carbocycles. The minimum atomic E-state index is -0.259. The van der Waals surface area contributed by atoms with E-state index in [0.717, 1.165) is 12.0 Å². The maximum Gasteiger partial charge on any atom is 0.151 e. The molecule has 0 fully saturated rings. The van der Waals surface area contributed by atoms with Gasteiger partial charge in [-0.3, -0.25) is 9.78 Å². The summed E-state index contributed by atoms with van der Waals surface area (Å²) in [5, 5.41) is 0. The fraction of sp³-hybridized carbons (Fsp3) is 0.111. The molecule has 0 spiro atoms. The van der Waals surface area contributed by atoms with Crippen molar-refractivity contribution in [2.75, 3.05) is 0 Å². The maximum atomic E-state index is 10.3. The molecule has 0 aliphatic heterocycles. The highest BCUT2D eigenvalue weighted by Gasteiger charge is 2.01. The Hall–Kier alpha value is -1.48. The molecule has 3 nitrogen and oxygen atoms in total. The molecule has 1 rings (SSSR count). The predicted molar refractivity (Wildman–Crippen MR) is 46.7 cm³/mol. The van der Waals surface area contributed by atoms with E-state index in [0.29, 0.717) is 5.56 Å². The number of carbonyl (C=O) groups excluding carboxylic acids is 1. The average Bonchev–Trinajstić information content (AvgIpc) is 2.17. The molecule has 0 amide bonds. The first-order chi connectivity index (χ1) is 5.77. The van der Waals surface area contributed by atoms with Gasteiger partial charge in [0.05, 0.1) is 11.7 Å². The van der Waals surface area contributed by atoms with Gasteiger partial charge >= 0.3 is 0 Å². The number of hydrogen-bond acceptors (Lipinski definition) is 3. The van der Waals surface area contributed by atoms with E-state index >= 15 is 0 Å². The summed E-state index contributed by atoms with van der Waals surface area (Å²) in [7, 11) is 0. The standard InChI is InChI=1S/C9H10N2O/c1-2-8(10)9-4-3-7(6-12)5-11-9/h2-6,8H,1,10H2. The number of hydrogen-bond donors (Lipinski definition) is 1. The van der Waals surface area contributed by atoms with E-state index in [4.69, 9.17) is 5.73 Å². The van der Waals surface area contributed by atoms with E-state index in [-0.39, 0.29) is 6.04 Å². The molecule has 0 radical (unpaired) electrons. The highest BCUT2D eigenvalue weighted by Crippen LogP contribution is 2.07. The lowest BCUT2D eigenvalue weighted by atomic mass is 10.2. The fourth-order valence-electron chi connectivity index (χ4n) is 0.804. The van der Waals surface area contributed by atoms with Crippen LogP contribution in [0.2, 0.25) is 0 Å². The van der Waals surface area contributed by atoms with Crippen molar-refractivity contribution in [2.45, 2.75) is 6.04 Å². The zero-order valence-electron chi connectivity index (χ0n) is 6.60. The Kier molecular flexibility index (Phi) is 2.71. The first-order valence-corrected chi connectivity index (χ1v) is 3.57. The van der Waals surface area contributed by atoms with Crippen LogP contribution < -0.4 is 5.73 Å². The van der Waals surface area contributed by atoms with Crippen LogP contribution in [0.4, 0.5) is 0 Å². The molecule has 3 heteroatoms. The van der Waals surface area contributed by atoms with Gasteiger partial charge in [-0.15, -0.1) is 6.58 Å². The van der Waals surface area contributed by atoms with Gasteiger partial charge < -0.3 is 5.73 Å². The van der Waals surface area contributed by atoms with Crippen molar-refractivity contribution >= 4 is 6.29 Å². The van der Waals surface area contributed by atoms with Gasteiger partial charge in [0.25, 0.3) is 0 Å². The summed E-state index contributed by atoms with van der Waals surface area (Å²) < 4.78 is 0. The van der Waals surface area contributed by atoms with Crippen LogP contribution in [0.5, 0.6) is 0 Å². The van der Waals surface area contributed by atoms with Crippen LogP contribution in [0, 0.1) is 0 Å². The molecule has 1 unspecified atom stereocenters. The van der Waals surface area contributed by atoms with Crippen molar-refractivity contribution in [3.8, 4) is 0 Å². The largest absolute Gasteiger partial charge is 0.319 e. The van der Waals surface area contributed by atoms with Crippen LogP contribution in [-0.4, -0.2) is 11.3 Å². The minimum absolute atomic E-state index is 0.259. The van der Waals surface area contributed by atoms with Crippen LogP contribution in [0.3, 0.4) is 0 Å². The van der Waals surface area contributed by atoms with Gasteiger partial charge in [0.15, 0.2) is 6.29 Å². The normalized spacial score (nSPS) is 12.1. The summed E-state index contributed by atoms with van der Waals surface area (Å²) in [5.74, 6) is 0. The first-order valence-electron chi connectivity index (χ1n) is 3.57. The molecule has 2 N–H and O–H groups in total. The molecule has 1 atom stereocenters. The average molecular weight is 162 g/mol. The van der Waals surface area contributed by atoms with E-state index in [9.17, 15) is 4.79 Å². The van der Waals surface area contributed by atoms with Gasteiger partial charge in [-0.05, 0) is 12.1 Å². The molecule has 0 bridgehead atoms. The molecule has 1 aromatic rings. The molecule has 1 heterocycles. The van der Waals surface area contributed by atoms with Crippen LogP contribution in [0.15, 0.2) is 31.0 Å².